The third kappa shape index (κ3) is 2.68. The minimum absolute atomic E-state index is 0.202. The van der Waals surface area contributed by atoms with Crippen LogP contribution < -0.4 is 5.73 Å². The van der Waals surface area contributed by atoms with Gasteiger partial charge in [-0.25, -0.2) is 0 Å². The lowest BCUT2D eigenvalue weighted by atomic mass is 10.1. The van der Waals surface area contributed by atoms with Gasteiger partial charge in [-0.05, 0) is 36.3 Å². The second-order valence-corrected chi connectivity index (χ2v) is 4.08. The minimum Gasteiger partial charge on any atom is -0.323 e. The van der Waals surface area contributed by atoms with E-state index in [4.69, 9.17) is 5.73 Å². The Labute approximate surface area is 84.3 Å². The van der Waals surface area contributed by atoms with E-state index in [0.717, 1.165) is 19.3 Å². The predicted octanol–water partition coefficient (Wildman–Crippen LogP) is 3.28. The summed E-state index contributed by atoms with van der Waals surface area (Å²) in [5.74, 6) is 0. The van der Waals surface area contributed by atoms with Gasteiger partial charge in [-0.1, -0.05) is 13.0 Å². The molecule has 0 spiro atoms. The highest BCUT2D eigenvalue weighted by Gasteiger charge is 2.10. The van der Waals surface area contributed by atoms with Gasteiger partial charge in [0.2, 0.25) is 0 Å². The lowest BCUT2D eigenvalue weighted by Gasteiger charge is -2.10. The van der Waals surface area contributed by atoms with E-state index in [1.807, 2.05) is 6.08 Å². The Morgan fingerprint density at radius 2 is 2.46 bits per heavy atom. The first-order valence-electron chi connectivity index (χ1n) is 4.72. The van der Waals surface area contributed by atoms with Crippen molar-refractivity contribution in [1.29, 1.82) is 0 Å². The Hall–Kier alpha value is -0.600. The molecule has 0 aromatic carbocycles. The predicted molar refractivity (Wildman–Crippen MR) is 60.1 cm³/mol. The van der Waals surface area contributed by atoms with E-state index in [9.17, 15) is 0 Å². The quantitative estimate of drug-likeness (QED) is 0.717. The number of aryl methyl sites for hydroxylation is 1. The second kappa shape index (κ2) is 5.20. The van der Waals surface area contributed by atoms with Gasteiger partial charge in [0, 0.05) is 10.9 Å². The maximum atomic E-state index is 6.06. The van der Waals surface area contributed by atoms with Crippen LogP contribution in [0, 0.1) is 0 Å². The third-order valence-electron chi connectivity index (χ3n) is 2.18. The van der Waals surface area contributed by atoms with Crippen LogP contribution in [0.4, 0.5) is 0 Å². The molecule has 1 aromatic rings. The summed E-state index contributed by atoms with van der Waals surface area (Å²) in [6.45, 7) is 5.88. The van der Waals surface area contributed by atoms with E-state index in [1.165, 1.54) is 10.4 Å². The molecule has 0 amide bonds. The van der Waals surface area contributed by atoms with Crippen molar-refractivity contribution in [3.05, 3.63) is 34.5 Å². The zero-order chi connectivity index (χ0) is 9.68. The molecule has 1 rings (SSSR count). The molecule has 0 saturated carbocycles. The Morgan fingerprint density at radius 1 is 1.69 bits per heavy atom. The van der Waals surface area contributed by atoms with Crippen molar-refractivity contribution in [3.63, 3.8) is 0 Å². The fraction of sp³-hybridized carbons (Fsp3) is 0.455. The molecular weight excluding hydrogens is 178 g/mol. The first-order valence-corrected chi connectivity index (χ1v) is 5.60. The van der Waals surface area contributed by atoms with Crippen LogP contribution in [-0.2, 0) is 6.42 Å². The van der Waals surface area contributed by atoms with Crippen LogP contribution in [0.1, 0.15) is 36.2 Å². The molecule has 1 atom stereocenters. The monoisotopic (exact) mass is 195 g/mol. The number of hydrogen-bond donors (Lipinski definition) is 1. The topological polar surface area (TPSA) is 26.0 Å². The summed E-state index contributed by atoms with van der Waals surface area (Å²) in [4.78, 5) is 1.35. The summed E-state index contributed by atoms with van der Waals surface area (Å²) in [6.07, 6.45) is 5.03. The summed E-state index contributed by atoms with van der Waals surface area (Å²) in [5.41, 5.74) is 7.47. The van der Waals surface area contributed by atoms with Crippen LogP contribution >= 0.6 is 11.3 Å². The molecule has 0 aliphatic carbocycles. The van der Waals surface area contributed by atoms with E-state index in [2.05, 4.69) is 24.9 Å². The average Bonchev–Trinajstić information content (AvgIpc) is 2.61. The first-order chi connectivity index (χ1) is 6.29. The van der Waals surface area contributed by atoms with Crippen molar-refractivity contribution in [2.75, 3.05) is 0 Å². The van der Waals surface area contributed by atoms with Crippen LogP contribution in [0.2, 0.25) is 0 Å². The van der Waals surface area contributed by atoms with Crippen molar-refractivity contribution < 1.29 is 0 Å². The molecule has 2 N–H and O–H groups in total. The standard InChI is InChI=1S/C11H17NS/c1-3-5-6-10(12)11-9(4-2)7-8-13-11/h3,7-8,10H,1,4-6,12H2,2H3. The van der Waals surface area contributed by atoms with E-state index in [1.54, 1.807) is 11.3 Å². The van der Waals surface area contributed by atoms with Crippen molar-refractivity contribution in [3.8, 4) is 0 Å². The zero-order valence-corrected chi connectivity index (χ0v) is 8.94. The minimum atomic E-state index is 0.202. The molecule has 0 aliphatic heterocycles. The molecule has 2 heteroatoms. The van der Waals surface area contributed by atoms with Crippen LogP contribution in [0.25, 0.3) is 0 Å². The Balaban J connectivity index is 2.63. The van der Waals surface area contributed by atoms with Gasteiger partial charge in [0.1, 0.15) is 0 Å². The number of thiophene rings is 1. The normalized spacial score (nSPS) is 12.8. The Morgan fingerprint density at radius 3 is 3.08 bits per heavy atom. The molecule has 1 unspecified atom stereocenters. The smallest absolute Gasteiger partial charge is 0.0395 e. The average molecular weight is 195 g/mol. The van der Waals surface area contributed by atoms with Gasteiger partial charge in [0.25, 0.3) is 0 Å². The number of rotatable bonds is 5. The van der Waals surface area contributed by atoms with Gasteiger partial charge in [-0.2, -0.15) is 0 Å². The van der Waals surface area contributed by atoms with Crippen LogP contribution in [0.3, 0.4) is 0 Å². The fourth-order valence-corrected chi connectivity index (χ4v) is 2.43. The largest absolute Gasteiger partial charge is 0.323 e. The summed E-state index contributed by atoms with van der Waals surface area (Å²) in [5, 5.41) is 2.13. The van der Waals surface area contributed by atoms with Crippen molar-refractivity contribution in [2.24, 2.45) is 5.73 Å². The molecule has 72 valence electrons. The summed E-state index contributed by atoms with van der Waals surface area (Å²) < 4.78 is 0. The Kier molecular flexibility index (Phi) is 4.19. The highest BCUT2D eigenvalue weighted by molar-refractivity contribution is 7.10. The fourth-order valence-electron chi connectivity index (χ4n) is 1.39. The van der Waals surface area contributed by atoms with Gasteiger partial charge in [0.05, 0.1) is 0 Å². The van der Waals surface area contributed by atoms with Gasteiger partial charge >= 0.3 is 0 Å². The lowest BCUT2D eigenvalue weighted by Crippen LogP contribution is -2.09. The zero-order valence-electron chi connectivity index (χ0n) is 8.12. The summed E-state index contributed by atoms with van der Waals surface area (Å²) in [6, 6.07) is 2.38. The molecule has 1 aromatic heterocycles. The van der Waals surface area contributed by atoms with Crippen molar-refractivity contribution >= 4 is 11.3 Å². The molecule has 1 nitrogen and oxygen atoms in total. The maximum absolute atomic E-state index is 6.06. The van der Waals surface area contributed by atoms with Crippen LogP contribution in [-0.4, -0.2) is 0 Å². The molecular formula is C11H17NS. The molecule has 0 radical (unpaired) electrons. The second-order valence-electron chi connectivity index (χ2n) is 3.14. The van der Waals surface area contributed by atoms with Crippen LogP contribution in [0.5, 0.6) is 0 Å². The molecule has 0 bridgehead atoms. The summed E-state index contributed by atoms with van der Waals surface area (Å²) in [7, 11) is 0. The maximum Gasteiger partial charge on any atom is 0.0395 e. The Bertz CT molecular complexity index is 265. The van der Waals surface area contributed by atoms with Crippen LogP contribution in [0.15, 0.2) is 24.1 Å². The highest BCUT2D eigenvalue weighted by atomic mass is 32.1. The molecule has 0 saturated heterocycles. The van der Waals surface area contributed by atoms with E-state index >= 15 is 0 Å². The number of nitrogens with two attached hydrogens (primary N) is 1. The lowest BCUT2D eigenvalue weighted by molar-refractivity contribution is 0.667. The van der Waals surface area contributed by atoms with Gasteiger partial charge in [-0.15, -0.1) is 17.9 Å². The van der Waals surface area contributed by atoms with E-state index < -0.39 is 0 Å². The SMILES string of the molecule is C=CCCC(N)c1sccc1CC. The van der Waals surface area contributed by atoms with Gasteiger partial charge < -0.3 is 5.73 Å². The number of hydrogen-bond acceptors (Lipinski definition) is 2. The van der Waals surface area contributed by atoms with Crippen molar-refractivity contribution in [2.45, 2.75) is 32.2 Å². The van der Waals surface area contributed by atoms with Crippen molar-refractivity contribution in [1.82, 2.24) is 0 Å². The van der Waals surface area contributed by atoms with Gasteiger partial charge in [-0.3, -0.25) is 0 Å². The molecule has 13 heavy (non-hydrogen) atoms. The highest BCUT2D eigenvalue weighted by Crippen LogP contribution is 2.26. The number of allylic oxidation sites excluding steroid dienone is 1. The first kappa shape index (κ1) is 10.5. The molecule has 0 aliphatic rings. The molecule has 0 fully saturated rings. The third-order valence-corrected chi connectivity index (χ3v) is 3.27. The molecule has 1 heterocycles. The van der Waals surface area contributed by atoms with E-state index in [0.29, 0.717) is 0 Å². The van der Waals surface area contributed by atoms with Gasteiger partial charge in [0.15, 0.2) is 0 Å². The van der Waals surface area contributed by atoms with E-state index in [-0.39, 0.29) is 6.04 Å². The summed E-state index contributed by atoms with van der Waals surface area (Å²) >= 11 is 1.77.